The summed E-state index contributed by atoms with van der Waals surface area (Å²) in [5.74, 6) is 0.755. The molecule has 0 aromatic rings. The van der Waals surface area contributed by atoms with Gasteiger partial charge in [-0.1, -0.05) is 26.7 Å². The van der Waals surface area contributed by atoms with Gasteiger partial charge in [0.1, 0.15) is 0 Å². The zero-order chi connectivity index (χ0) is 10.2. The van der Waals surface area contributed by atoms with Crippen LogP contribution in [-0.4, -0.2) is 25.8 Å². The normalized spacial score (nSPS) is 18.2. The zero-order valence-corrected chi connectivity index (χ0v) is 9.72. The van der Waals surface area contributed by atoms with Gasteiger partial charge >= 0.3 is 0 Å². The second-order valence-electron chi connectivity index (χ2n) is 4.73. The first-order valence-electron chi connectivity index (χ1n) is 6.11. The summed E-state index contributed by atoms with van der Waals surface area (Å²) < 4.78 is 5.77. The molecule has 0 radical (unpaired) electrons. The summed E-state index contributed by atoms with van der Waals surface area (Å²) in [5.41, 5.74) is 0. The largest absolute Gasteiger partial charge is 0.378 e. The molecule has 1 fully saturated rings. The van der Waals surface area contributed by atoms with Crippen molar-refractivity contribution in [3.63, 3.8) is 0 Å². The summed E-state index contributed by atoms with van der Waals surface area (Å²) in [6, 6.07) is 0. The van der Waals surface area contributed by atoms with Crippen LogP contribution in [-0.2, 0) is 4.74 Å². The molecular weight excluding hydrogens is 174 g/mol. The summed E-state index contributed by atoms with van der Waals surface area (Å²) in [6.45, 7) is 7.65. The predicted octanol–water partition coefficient (Wildman–Crippen LogP) is 2.58. The fourth-order valence-electron chi connectivity index (χ4n) is 1.89. The number of hydrogen-bond donors (Lipinski definition) is 1. The average molecular weight is 199 g/mol. The monoisotopic (exact) mass is 199 g/mol. The Kier molecular flexibility index (Phi) is 6.20. The molecule has 84 valence electrons. The van der Waals surface area contributed by atoms with Crippen LogP contribution in [0, 0.1) is 5.92 Å². The van der Waals surface area contributed by atoms with E-state index < -0.39 is 0 Å². The Hall–Kier alpha value is -0.0800. The van der Waals surface area contributed by atoms with Crippen LogP contribution in [0.25, 0.3) is 0 Å². The fourth-order valence-corrected chi connectivity index (χ4v) is 1.89. The minimum Gasteiger partial charge on any atom is -0.378 e. The molecule has 14 heavy (non-hydrogen) atoms. The molecule has 2 heteroatoms. The smallest absolute Gasteiger partial charge is 0.0575 e. The molecule has 0 atom stereocenters. The second kappa shape index (κ2) is 7.24. The van der Waals surface area contributed by atoms with Gasteiger partial charge in [0.15, 0.2) is 0 Å². The highest BCUT2D eigenvalue weighted by atomic mass is 16.5. The molecular formula is C12H25NO. The van der Waals surface area contributed by atoms with Gasteiger partial charge in [0.25, 0.3) is 0 Å². The first-order valence-corrected chi connectivity index (χ1v) is 6.11. The third kappa shape index (κ3) is 5.61. The van der Waals surface area contributed by atoms with Gasteiger partial charge in [-0.15, -0.1) is 0 Å². The lowest BCUT2D eigenvalue weighted by Crippen LogP contribution is -2.22. The summed E-state index contributed by atoms with van der Waals surface area (Å²) in [6.07, 6.45) is 7.06. The summed E-state index contributed by atoms with van der Waals surface area (Å²) in [7, 11) is 0. The van der Waals surface area contributed by atoms with Crippen molar-refractivity contribution in [3.8, 4) is 0 Å². The van der Waals surface area contributed by atoms with E-state index in [1.807, 2.05) is 0 Å². The Balaban J connectivity index is 1.79. The Morgan fingerprint density at radius 3 is 2.64 bits per heavy atom. The van der Waals surface area contributed by atoms with Crippen molar-refractivity contribution in [2.24, 2.45) is 5.92 Å². The molecule has 1 saturated carbocycles. The highest BCUT2D eigenvalue weighted by Gasteiger charge is 2.14. The molecule has 1 aliphatic rings. The molecule has 0 aromatic heterocycles. The lowest BCUT2D eigenvalue weighted by atomic mass is 10.2. The van der Waals surface area contributed by atoms with Gasteiger partial charge < -0.3 is 10.1 Å². The van der Waals surface area contributed by atoms with Crippen LogP contribution in [0.4, 0.5) is 0 Å². The summed E-state index contributed by atoms with van der Waals surface area (Å²) in [5, 5.41) is 3.43. The first-order chi connectivity index (χ1) is 6.79. The molecule has 0 amide bonds. The van der Waals surface area contributed by atoms with Crippen molar-refractivity contribution in [3.05, 3.63) is 0 Å². The molecule has 0 heterocycles. The van der Waals surface area contributed by atoms with E-state index in [-0.39, 0.29) is 0 Å². The van der Waals surface area contributed by atoms with Crippen LogP contribution in [0.1, 0.15) is 46.0 Å². The zero-order valence-electron chi connectivity index (χ0n) is 9.72. The van der Waals surface area contributed by atoms with E-state index in [9.17, 15) is 0 Å². The lowest BCUT2D eigenvalue weighted by molar-refractivity contribution is 0.0568. The Bertz CT molecular complexity index is 130. The second-order valence-corrected chi connectivity index (χ2v) is 4.73. The fraction of sp³-hybridized carbons (Fsp3) is 1.00. The van der Waals surface area contributed by atoms with Gasteiger partial charge in [0.2, 0.25) is 0 Å². The van der Waals surface area contributed by atoms with Crippen molar-refractivity contribution >= 4 is 0 Å². The van der Waals surface area contributed by atoms with E-state index in [0.29, 0.717) is 6.10 Å². The molecule has 0 bridgehead atoms. The third-order valence-electron chi connectivity index (χ3n) is 2.71. The van der Waals surface area contributed by atoms with Gasteiger partial charge in [0.05, 0.1) is 6.10 Å². The standard InChI is InChI=1S/C12H25NO/c1-11(2)10-13-8-5-9-14-12-6-3-4-7-12/h11-13H,3-10H2,1-2H3. The minimum absolute atomic E-state index is 0.583. The lowest BCUT2D eigenvalue weighted by Gasteiger charge is -2.11. The van der Waals surface area contributed by atoms with Gasteiger partial charge in [-0.05, 0) is 38.3 Å². The number of ether oxygens (including phenoxy) is 1. The van der Waals surface area contributed by atoms with E-state index in [1.165, 1.54) is 25.7 Å². The molecule has 0 spiro atoms. The van der Waals surface area contributed by atoms with Gasteiger partial charge in [-0.2, -0.15) is 0 Å². The molecule has 0 aromatic carbocycles. The molecule has 1 rings (SSSR count). The molecule has 2 nitrogen and oxygen atoms in total. The van der Waals surface area contributed by atoms with Crippen LogP contribution < -0.4 is 5.32 Å². The van der Waals surface area contributed by atoms with Gasteiger partial charge in [-0.3, -0.25) is 0 Å². The van der Waals surface area contributed by atoms with Crippen LogP contribution in [0.5, 0.6) is 0 Å². The van der Waals surface area contributed by atoms with E-state index in [0.717, 1.165) is 32.0 Å². The van der Waals surface area contributed by atoms with E-state index in [1.54, 1.807) is 0 Å². The van der Waals surface area contributed by atoms with Crippen molar-refractivity contribution in [1.82, 2.24) is 5.32 Å². The third-order valence-corrected chi connectivity index (χ3v) is 2.71. The van der Waals surface area contributed by atoms with E-state index in [4.69, 9.17) is 4.74 Å². The van der Waals surface area contributed by atoms with Crippen molar-refractivity contribution in [2.75, 3.05) is 19.7 Å². The molecule has 1 aliphatic carbocycles. The number of rotatable bonds is 7. The van der Waals surface area contributed by atoms with Crippen LogP contribution in [0.3, 0.4) is 0 Å². The quantitative estimate of drug-likeness (QED) is 0.636. The topological polar surface area (TPSA) is 21.3 Å². The van der Waals surface area contributed by atoms with Crippen molar-refractivity contribution < 1.29 is 4.74 Å². The predicted molar refractivity (Wildman–Crippen MR) is 60.5 cm³/mol. The van der Waals surface area contributed by atoms with Crippen LogP contribution >= 0.6 is 0 Å². The molecule has 1 N–H and O–H groups in total. The Morgan fingerprint density at radius 1 is 1.29 bits per heavy atom. The van der Waals surface area contributed by atoms with E-state index >= 15 is 0 Å². The number of nitrogens with one attached hydrogen (secondary N) is 1. The SMILES string of the molecule is CC(C)CNCCCOC1CCCC1. The number of hydrogen-bond acceptors (Lipinski definition) is 2. The summed E-state index contributed by atoms with van der Waals surface area (Å²) in [4.78, 5) is 0. The maximum Gasteiger partial charge on any atom is 0.0575 e. The summed E-state index contributed by atoms with van der Waals surface area (Å²) >= 11 is 0. The maximum absolute atomic E-state index is 5.77. The Morgan fingerprint density at radius 2 is 2.00 bits per heavy atom. The minimum atomic E-state index is 0.583. The molecule has 0 aliphatic heterocycles. The molecule has 0 saturated heterocycles. The van der Waals surface area contributed by atoms with Gasteiger partial charge in [0, 0.05) is 6.61 Å². The van der Waals surface area contributed by atoms with Crippen LogP contribution in [0.15, 0.2) is 0 Å². The van der Waals surface area contributed by atoms with Gasteiger partial charge in [-0.25, -0.2) is 0 Å². The maximum atomic E-state index is 5.77. The first kappa shape index (κ1) is 12.0. The van der Waals surface area contributed by atoms with Crippen LogP contribution in [0.2, 0.25) is 0 Å². The highest BCUT2D eigenvalue weighted by molar-refractivity contribution is 4.66. The van der Waals surface area contributed by atoms with Crippen molar-refractivity contribution in [2.45, 2.75) is 52.1 Å². The average Bonchev–Trinajstić information content (AvgIpc) is 2.63. The van der Waals surface area contributed by atoms with Crippen molar-refractivity contribution in [1.29, 1.82) is 0 Å². The highest BCUT2D eigenvalue weighted by Crippen LogP contribution is 2.20. The molecule has 0 unspecified atom stereocenters. The van der Waals surface area contributed by atoms with E-state index in [2.05, 4.69) is 19.2 Å². The Labute approximate surface area is 88.4 Å².